The molecule has 0 spiro atoms. The molecule has 0 bridgehead atoms. The zero-order chi connectivity index (χ0) is 18.7. The number of carbonyl (C=O) groups is 2. The van der Waals surface area contributed by atoms with E-state index in [0.717, 1.165) is 19.2 Å². The van der Waals surface area contributed by atoms with Crippen molar-refractivity contribution >= 4 is 45.2 Å². The molecular weight excluding hydrogens is 381 g/mol. The second-order valence-corrected chi connectivity index (χ2v) is 7.89. The van der Waals surface area contributed by atoms with Crippen LogP contribution in [0.25, 0.3) is 0 Å². The van der Waals surface area contributed by atoms with Gasteiger partial charge in [0, 0.05) is 5.02 Å². The molecule has 0 aliphatic carbocycles. The normalized spacial score (nSPS) is 12.9. The summed E-state index contributed by atoms with van der Waals surface area (Å²) in [7, 11) is -3.34. The number of sulfonamides is 1. The number of methoxy groups -OCH3 is 1. The van der Waals surface area contributed by atoms with E-state index < -0.39 is 32.9 Å². The number of carbonyl (C=O) groups excluding carboxylic acids is 1. The monoisotopic (exact) mass is 397 g/mol. The molecule has 1 aromatic carbocycles. The van der Waals surface area contributed by atoms with Crippen molar-refractivity contribution in [1.82, 2.24) is 4.72 Å². The Bertz CT molecular complexity index is 748. The number of halogens is 2. The predicted octanol–water partition coefficient (Wildman–Crippen LogP) is 2.56. The van der Waals surface area contributed by atoms with Crippen molar-refractivity contribution in [3.05, 3.63) is 27.7 Å². The zero-order valence-corrected chi connectivity index (χ0v) is 15.5. The number of nitrogens with one attached hydrogen (secondary N) is 1. The maximum atomic E-state index is 12.6. The topological polar surface area (TPSA) is 110 Å². The third-order valence-electron chi connectivity index (χ3n) is 2.99. The smallest absolute Gasteiger partial charge is 0.339 e. The van der Waals surface area contributed by atoms with Crippen LogP contribution in [-0.2, 0) is 19.6 Å². The number of rotatable bonds is 7. The Morgan fingerprint density at radius 3 is 2.33 bits per heavy atom. The highest BCUT2D eigenvalue weighted by atomic mass is 35.5. The third kappa shape index (κ3) is 5.07. The molecule has 1 aromatic rings. The number of carboxylic acid groups (broad SMARTS) is 1. The van der Waals surface area contributed by atoms with Gasteiger partial charge in [0.25, 0.3) is 0 Å². The molecule has 1 rings (SSSR count). The highest BCUT2D eigenvalue weighted by Crippen LogP contribution is 2.30. The highest BCUT2D eigenvalue weighted by molar-refractivity contribution is 7.89. The minimum Gasteiger partial charge on any atom is -0.480 e. The molecule has 2 N–H and O–H groups in total. The average molecular weight is 398 g/mol. The van der Waals surface area contributed by atoms with Gasteiger partial charge < -0.3 is 9.84 Å². The molecule has 0 fully saturated rings. The molecule has 0 saturated carbocycles. The standard InChI is InChI=1S/C14H17Cl2NO6S/c1-7(2)4-11(13(18)19)17-24(21,22)12-9(14(20)23-3)5-8(15)6-10(12)16/h5-7,11,17H,4H2,1-3H3,(H,18,19)/t11-/m1/s1. The van der Waals surface area contributed by atoms with Crippen molar-refractivity contribution in [1.29, 1.82) is 0 Å². The first kappa shape index (κ1) is 20.7. The molecule has 134 valence electrons. The Labute approximate surface area is 149 Å². The molecule has 0 saturated heterocycles. The molecular formula is C14H17Cl2NO6S. The van der Waals surface area contributed by atoms with Gasteiger partial charge in [-0.25, -0.2) is 13.2 Å². The molecule has 24 heavy (non-hydrogen) atoms. The van der Waals surface area contributed by atoms with Gasteiger partial charge in [-0.2, -0.15) is 4.72 Å². The molecule has 7 nitrogen and oxygen atoms in total. The van der Waals surface area contributed by atoms with Crippen molar-refractivity contribution in [3.63, 3.8) is 0 Å². The van der Waals surface area contributed by atoms with Gasteiger partial charge in [-0.15, -0.1) is 0 Å². The summed E-state index contributed by atoms with van der Waals surface area (Å²) in [6.07, 6.45) is 0.0628. The summed E-state index contributed by atoms with van der Waals surface area (Å²) in [5, 5.41) is 8.92. The summed E-state index contributed by atoms with van der Waals surface area (Å²) in [6, 6.07) is 0.862. The van der Waals surface area contributed by atoms with Gasteiger partial charge in [0.1, 0.15) is 10.9 Å². The summed E-state index contributed by atoms with van der Waals surface area (Å²) >= 11 is 11.7. The van der Waals surface area contributed by atoms with E-state index in [1.807, 2.05) is 0 Å². The van der Waals surface area contributed by atoms with Gasteiger partial charge in [-0.1, -0.05) is 37.0 Å². The second-order valence-electron chi connectivity index (χ2n) is 5.40. The van der Waals surface area contributed by atoms with Crippen molar-refractivity contribution in [2.24, 2.45) is 5.92 Å². The fraction of sp³-hybridized carbons (Fsp3) is 0.429. The van der Waals surface area contributed by atoms with Crippen LogP contribution in [0.15, 0.2) is 17.0 Å². The van der Waals surface area contributed by atoms with E-state index in [2.05, 4.69) is 9.46 Å². The van der Waals surface area contributed by atoms with Crippen molar-refractivity contribution in [3.8, 4) is 0 Å². The summed E-state index contributed by atoms with van der Waals surface area (Å²) in [4.78, 5) is 22.5. The minimum absolute atomic E-state index is 0.0383. The van der Waals surface area contributed by atoms with E-state index in [9.17, 15) is 23.1 Å². The predicted molar refractivity (Wildman–Crippen MR) is 89.0 cm³/mol. The Balaban J connectivity index is 3.42. The fourth-order valence-electron chi connectivity index (χ4n) is 2.01. The van der Waals surface area contributed by atoms with Crippen LogP contribution in [0.2, 0.25) is 10.0 Å². The Morgan fingerprint density at radius 1 is 1.29 bits per heavy atom. The first-order chi connectivity index (χ1) is 11.0. The SMILES string of the molecule is COC(=O)c1cc(Cl)cc(Cl)c1S(=O)(=O)N[C@H](CC(C)C)C(=O)O. The molecule has 1 atom stereocenters. The zero-order valence-electron chi connectivity index (χ0n) is 13.2. The Morgan fingerprint density at radius 2 is 1.88 bits per heavy atom. The quantitative estimate of drug-likeness (QED) is 0.684. The molecule has 0 unspecified atom stereocenters. The van der Waals surface area contributed by atoms with E-state index >= 15 is 0 Å². The van der Waals surface area contributed by atoms with Crippen molar-refractivity contribution in [2.45, 2.75) is 31.2 Å². The van der Waals surface area contributed by atoms with Crippen molar-refractivity contribution in [2.75, 3.05) is 7.11 Å². The van der Waals surface area contributed by atoms with Gasteiger partial charge >= 0.3 is 11.9 Å². The average Bonchev–Trinajstić information content (AvgIpc) is 2.43. The van der Waals surface area contributed by atoms with Gasteiger partial charge in [-0.05, 0) is 24.5 Å². The molecule has 10 heteroatoms. The lowest BCUT2D eigenvalue weighted by atomic mass is 10.1. The Hall–Kier alpha value is -1.35. The molecule has 0 heterocycles. The fourth-order valence-corrected chi connectivity index (χ4v) is 4.25. The van der Waals surface area contributed by atoms with E-state index in [1.54, 1.807) is 13.8 Å². The van der Waals surface area contributed by atoms with Crippen molar-refractivity contribution < 1.29 is 27.9 Å². The number of aliphatic carboxylic acids is 1. The second kappa shape index (κ2) is 8.15. The molecule has 0 aliphatic rings. The lowest BCUT2D eigenvalue weighted by Gasteiger charge is -2.18. The van der Waals surface area contributed by atoms with Gasteiger partial charge in [-0.3, -0.25) is 4.79 Å². The van der Waals surface area contributed by atoms with Gasteiger partial charge in [0.2, 0.25) is 10.0 Å². The minimum atomic E-state index is -4.41. The number of carboxylic acids is 1. The van der Waals surface area contributed by atoms with Gasteiger partial charge in [0.05, 0.1) is 17.7 Å². The van der Waals surface area contributed by atoms with Crippen LogP contribution in [0.5, 0.6) is 0 Å². The molecule has 0 amide bonds. The van der Waals surface area contributed by atoms with Crippen LogP contribution in [-0.4, -0.2) is 38.6 Å². The first-order valence-electron chi connectivity index (χ1n) is 6.82. The summed E-state index contributed by atoms with van der Waals surface area (Å²) < 4.78 is 31.8. The lowest BCUT2D eigenvalue weighted by Crippen LogP contribution is -2.42. The lowest BCUT2D eigenvalue weighted by molar-refractivity contribution is -0.139. The molecule has 0 aliphatic heterocycles. The Kier molecular flexibility index (Phi) is 7.03. The summed E-state index contributed by atoms with van der Waals surface area (Å²) in [5.41, 5.74) is -0.379. The van der Waals surface area contributed by atoms with E-state index in [4.69, 9.17) is 23.2 Å². The van der Waals surface area contributed by atoms with Crippen LogP contribution in [0.1, 0.15) is 30.6 Å². The van der Waals surface area contributed by atoms with Crippen LogP contribution in [0, 0.1) is 5.92 Å². The third-order valence-corrected chi connectivity index (χ3v) is 5.19. The van der Waals surface area contributed by atoms with Crippen LogP contribution >= 0.6 is 23.2 Å². The summed E-state index contributed by atoms with van der Waals surface area (Å²) in [6.45, 7) is 3.50. The number of benzene rings is 1. The number of esters is 1. The van der Waals surface area contributed by atoms with Crippen LogP contribution in [0.3, 0.4) is 0 Å². The maximum Gasteiger partial charge on any atom is 0.339 e. The maximum absolute atomic E-state index is 12.6. The first-order valence-corrected chi connectivity index (χ1v) is 9.06. The van der Waals surface area contributed by atoms with E-state index in [0.29, 0.717) is 0 Å². The molecule has 0 radical (unpaired) electrons. The van der Waals surface area contributed by atoms with E-state index in [1.165, 1.54) is 0 Å². The highest BCUT2D eigenvalue weighted by Gasteiger charge is 2.32. The number of hydrogen-bond acceptors (Lipinski definition) is 5. The number of hydrogen-bond donors (Lipinski definition) is 2. The molecule has 0 aromatic heterocycles. The largest absolute Gasteiger partial charge is 0.480 e. The summed E-state index contributed by atoms with van der Waals surface area (Å²) in [5.74, 6) is -2.37. The number of ether oxygens (including phenoxy) is 1. The van der Waals surface area contributed by atoms with Crippen LogP contribution < -0.4 is 4.72 Å². The van der Waals surface area contributed by atoms with Gasteiger partial charge in [0.15, 0.2) is 0 Å². The van der Waals surface area contributed by atoms with Crippen LogP contribution in [0.4, 0.5) is 0 Å². The van der Waals surface area contributed by atoms with E-state index in [-0.39, 0.29) is 27.9 Å².